The number of aryl methyl sites for hydroxylation is 1. The first-order valence-corrected chi connectivity index (χ1v) is 7.43. The van der Waals surface area contributed by atoms with Crippen LogP contribution >= 0.6 is 0 Å². The molecule has 1 amide bonds. The molecule has 0 aliphatic heterocycles. The molecule has 0 aliphatic rings. The number of imidazole rings is 1. The van der Waals surface area contributed by atoms with Crippen LogP contribution in [0.1, 0.15) is 31.0 Å². The van der Waals surface area contributed by atoms with Gasteiger partial charge in [-0.1, -0.05) is 37.3 Å². The van der Waals surface area contributed by atoms with Gasteiger partial charge in [-0.25, -0.2) is 4.98 Å². The topological polar surface area (TPSA) is 49.0 Å². The molecule has 0 radical (unpaired) electrons. The summed E-state index contributed by atoms with van der Waals surface area (Å²) < 4.78 is 0. The molecule has 2 aromatic rings. The second kappa shape index (κ2) is 7.62. The number of hydrogen-bond acceptors (Lipinski definition) is 2. The SMILES string of the molecule is C[C@@H](CCCc1ccccc1)C(=O)N(C)Cc1cnc[nH]1. The van der Waals surface area contributed by atoms with Gasteiger partial charge < -0.3 is 9.88 Å². The van der Waals surface area contributed by atoms with Crippen LogP contribution in [0.15, 0.2) is 42.9 Å². The smallest absolute Gasteiger partial charge is 0.225 e. The Bertz CT molecular complexity index is 536. The molecule has 0 saturated heterocycles. The molecule has 1 aromatic carbocycles. The molecular formula is C17H23N3O. The molecule has 2 rings (SSSR count). The predicted molar refractivity (Wildman–Crippen MR) is 83.6 cm³/mol. The highest BCUT2D eigenvalue weighted by Gasteiger charge is 2.17. The number of aromatic amines is 1. The summed E-state index contributed by atoms with van der Waals surface area (Å²) in [4.78, 5) is 21.1. The number of aromatic nitrogens is 2. The second-order valence-corrected chi connectivity index (χ2v) is 5.55. The molecule has 0 aliphatic carbocycles. The van der Waals surface area contributed by atoms with Crippen molar-refractivity contribution in [2.45, 2.75) is 32.7 Å². The summed E-state index contributed by atoms with van der Waals surface area (Å²) in [5, 5.41) is 0. The number of benzene rings is 1. The first-order valence-electron chi connectivity index (χ1n) is 7.43. The van der Waals surface area contributed by atoms with E-state index in [-0.39, 0.29) is 11.8 Å². The summed E-state index contributed by atoms with van der Waals surface area (Å²) in [6.07, 6.45) is 6.37. The highest BCUT2D eigenvalue weighted by atomic mass is 16.2. The van der Waals surface area contributed by atoms with Gasteiger partial charge in [0, 0.05) is 19.2 Å². The fourth-order valence-corrected chi connectivity index (χ4v) is 2.46. The van der Waals surface area contributed by atoms with Crippen LogP contribution in [-0.2, 0) is 17.8 Å². The number of carbonyl (C=O) groups excluding carboxylic acids is 1. The zero-order chi connectivity index (χ0) is 15.1. The third-order valence-electron chi connectivity index (χ3n) is 3.71. The molecule has 0 spiro atoms. The molecule has 21 heavy (non-hydrogen) atoms. The van der Waals surface area contributed by atoms with Gasteiger partial charge in [0.15, 0.2) is 0 Å². The van der Waals surface area contributed by atoms with Gasteiger partial charge in [-0.05, 0) is 24.8 Å². The number of hydrogen-bond donors (Lipinski definition) is 1. The van der Waals surface area contributed by atoms with Crippen molar-refractivity contribution in [1.82, 2.24) is 14.9 Å². The van der Waals surface area contributed by atoms with Gasteiger partial charge in [-0.2, -0.15) is 0 Å². The summed E-state index contributed by atoms with van der Waals surface area (Å²) in [6.45, 7) is 2.60. The average molecular weight is 285 g/mol. The van der Waals surface area contributed by atoms with Crippen LogP contribution in [0.5, 0.6) is 0 Å². The Morgan fingerprint density at radius 2 is 2.10 bits per heavy atom. The van der Waals surface area contributed by atoms with Crippen LogP contribution in [0, 0.1) is 5.92 Å². The number of nitrogens with zero attached hydrogens (tertiary/aromatic N) is 2. The van der Waals surface area contributed by atoms with E-state index >= 15 is 0 Å². The first-order chi connectivity index (χ1) is 10.2. The van der Waals surface area contributed by atoms with Crippen LogP contribution in [0.4, 0.5) is 0 Å². The maximum absolute atomic E-state index is 12.3. The quantitative estimate of drug-likeness (QED) is 0.850. The van der Waals surface area contributed by atoms with Crippen molar-refractivity contribution in [1.29, 1.82) is 0 Å². The van der Waals surface area contributed by atoms with E-state index in [1.165, 1.54) is 5.56 Å². The fourth-order valence-electron chi connectivity index (χ4n) is 2.46. The maximum atomic E-state index is 12.3. The van der Waals surface area contributed by atoms with Gasteiger partial charge in [0.1, 0.15) is 0 Å². The summed E-state index contributed by atoms with van der Waals surface area (Å²) in [5.74, 6) is 0.249. The molecule has 1 N–H and O–H groups in total. The predicted octanol–water partition coefficient (Wildman–Crippen LogP) is 3.03. The molecule has 0 saturated carbocycles. The third kappa shape index (κ3) is 4.74. The van der Waals surface area contributed by atoms with Gasteiger partial charge in [-0.15, -0.1) is 0 Å². The number of rotatable bonds is 7. The minimum absolute atomic E-state index is 0.0571. The summed E-state index contributed by atoms with van der Waals surface area (Å²) >= 11 is 0. The second-order valence-electron chi connectivity index (χ2n) is 5.55. The Balaban J connectivity index is 1.74. The third-order valence-corrected chi connectivity index (χ3v) is 3.71. The van der Waals surface area contributed by atoms with E-state index in [1.807, 2.05) is 20.0 Å². The molecule has 1 atom stereocenters. The largest absolute Gasteiger partial charge is 0.347 e. The van der Waals surface area contributed by atoms with Crippen molar-refractivity contribution in [2.24, 2.45) is 5.92 Å². The lowest BCUT2D eigenvalue weighted by Gasteiger charge is -2.20. The lowest BCUT2D eigenvalue weighted by atomic mass is 10.00. The number of amides is 1. The van der Waals surface area contributed by atoms with Crippen LogP contribution in [0.3, 0.4) is 0 Å². The van der Waals surface area contributed by atoms with Gasteiger partial charge in [-0.3, -0.25) is 4.79 Å². The molecule has 0 fully saturated rings. The fraction of sp³-hybridized carbons (Fsp3) is 0.412. The van der Waals surface area contributed by atoms with E-state index in [9.17, 15) is 4.79 Å². The van der Waals surface area contributed by atoms with Crippen molar-refractivity contribution in [2.75, 3.05) is 7.05 Å². The van der Waals surface area contributed by atoms with Gasteiger partial charge in [0.25, 0.3) is 0 Å². The van der Waals surface area contributed by atoms with E-state index in [0.717, 1.165) is 25.0 Å². The van der Waals surface area contributed by atoms with Crippen molar-refractivity contribution >= 4 is 5.91 Å². The minimum Gasteiger partial charge on any atom is -0.347 e. The summed E-state index contributed by atoms with van der Waals surface area (Å²) in [6, 6.07) is 10.4. The molecule has 4 heteroatoms. The average Bonchev–Trinajstić information content (AvgIpc) is 3.00. The zero-order valence-electron chi connectivity index (χ0n) is 12.7. The highest BCUT2D eigenvalue weighted by Crippen LogP contribution is 2.13. The monoisotopic (exact) mass is 285 g/mol. The molecule has 1 heterocycles. The number of nitrogens with one attached hydrogen (secondary N) is 1. The standard InChI is InChI=1S/C17H23N3O/c1-14(7-6-10-15-8-4-3-5-9-15)17(21)20(2)12-16-11-18-13-19-16/h3-5,8-9,11,13-14H,6-7,10,12H2,1-2H3,(H,18,19)/t14-/m0/s1. The Labute approximate surface area is 126 Å². The Morgan fingerprint density at radius 1 is 1.33 bits per heavy atom. The van der Waals surface area contributed by atoms with Crippen molar-refractivity contribution in [3.8, 4) is 0 Å². The number of carbonyl (C=O) groups is 1. The van der Waals surface area contributed by atoms with E-state index in [0.29, 0.717) is 6.54 Å². The van der Waals surface area contributed by atoms with Crippen molar-refractivity contribution in [3.63, 3.8) is 0 Å². The van der Waals surface area contributed by atoms with Crippen LogP contribution in [-0.4, -0.2) is 27.8 Å². The maximum Gasteiger partial charge on any atom is 0.225 e. The van der Waals surface area contributed by atoms with E-state index < -0.39 is 0 Å². The number of H-pyrrole nitrogens is 1. The highest BCUT2D eigenvalue weighted by molar-refractivity contribution is 5.78. The zero-order valence-corrected chi connectivity index (χ0v) is 12.7. The molecule has 112 valence electrons. The van der Waals surface area contributed by atoms with Crippen LogP contribution < -0.4 is 0 Å². The van der Waals surface area contributed by atoms with Gasteiger partial charge in [0.05, 0.1) is 18.6 Å². The van der Waals surface area contributed by atoms with E-state index in [1.54, 1.807) is 17.4 Å². The first kappa shape index (κ1) is 15.3. The molecule has 1 aromatic heterocycles. The Hall–Kier alpha value is -2.10. The minimum atomic E-state index is 0.0571. The van der Waals surface area contributed by atoms with Crippen LogP contribution in [0.2, 0.25) is 0 Å². The van der Waals surface area contributed by atoms with E-state index in [4.69, 9.17) is 0 Å². The Morgan fingerprint density at radius 3 is 2.76 bits per heavy atom. The summed E-state index contributed by atoms with van der Waals surface area (Å²) in [7, 11) is 1.84. The molecule has 0 unspecified atom stereocenters. The van der Waals surface area contributed by atoms with Gasteiger partial charge >= 0.3 is 0 Å². The lowest BCUT2D eigenvalue weighted by molar-refractivity contribution is -0.134. The van der Waals surface area contributed by atoms with Crippen molar-refractivity contribution in [3.05, 3.63) is 54.1 Å². The molecule has 4 nitrogen and oxygen atoms in total. The van der Waals surface area contributed by atoms with Crippen molar-refractivity contribution < 1.29 is 4.79 Å². The normalized spacial score (nSPS) is 12.1. The lowest BCUT2D eigenvalue weighted by Crippen LogP contribution is -2.31. The van der Waals surface area contributed by atoms with Crippen LogP contribution in [0.25, 0.3) is 0 Å². The van der Waals surface area contributed by atoms with Gasteiger partial charge in [0.2, 0.25) is 5.91 Å². The molecule has 0 bridgehead atoms. The summed E-state index contributed by atoms with van der Waals surface area (Å²) in [5.41, 5.74) is 2.30. The Kier molecular flexibility index (Phi) is 5.55. The molecular weight excluding hydrogens is 262 g/mol. The van der Waals surface area contributed by atoms with E-state index in [2.05, 4.69) is 34.2 Å².